The number of nitrogens with one attached hydrogen (secondary N) is 1. The summed E-state index contributed by atoms with van der Waals surface area (Å²) in [4.78, 5) is 62.1. The molecule has 2 saturated heterocycles. The predicted octanol–water partition coefficient (Wildman–Crippen LogP) is 5.69. The van der Waals surface area contributed by atoms with Gasteiger partial charge in [-0.1, -0.05) is 12.1 Å². The average Bonchev–Trinajstić information content (AvgIpc) is 3.85. The number of fused-ring (bicyclic) bond motifs is 4. The fourth-order valence-corrected chi connectivity index (χ4v) is 9.32. The molecular weight excluding hydrogens is 737 g/mol. The van der Waals surface area contributed by atoms with Gasteiger partial charge in [0, 0.05) is 98.6 Å². The summed E-state index contributed by atoms with van der Waals surface area (Å²) in [6.45, 7) is 3.65. The van der Waals surface area contributed by atoms with Crippen LogP contribution in [-0.2, 0) is 26.1 Å². The van der Waals surface area contributed by atoms with Crippen molar-refractivity contribution in [1.82, 2.24) is 24.8 Å². The molecule has 2 unspecified atom stereocenters. The van der Waals surface area contributed by atoms with Gasteiger partial charge in [-0.25, -0.2) is 4.98 Å². The van der Waals surface area contributed by atoms with E-state index >= 15 is 0 Å². The number of benzene rings is 2. The van der Waals surface area contributed by atoms with Gasteiger partial charge in [0.1, 0.15) is 12.1 Å². The normalized spacial score (nSPS) is 24.3. The van der Waals surface area contributed by atoms with Crippen molar-refractivity contribution in [2.45, 2.75) is 63.2 Å². The standard InChI is InChI=1S/C45H46N6O7/c1-49-38-12-13-46-22-37(38)33-7-4-26(19-40(33)49)27-5-11-42(47-21-27)58-31-16-28(17-31)35-18-29(35)25-56-14-2-3-15-57-32-23-50(24-32)30-6-8-34-36(20-30)45(55)51(44(34)54)39-9-10-41(52)48-43(39)53/h4-8,11-13,19-22,28-29,31-32,35,39H,2-3,9-10,14-18,23-25H2,1H3,(H,48,52,53)/t28-,29-,31-,35?,39?/m0/s1. The number of nitrogens with zero attached hydrogens (tertiary/aromatic N) is 5. The Morgan fingerprint density at radius 3 is 2.47 bits per heavy atom. The topological polar surface area (TPSA) is 145 Å². The molecule has 2 saturated carbocycles. The molecule has 0 radical (unpaired) electrons. The molecule has 13 nitrogen and oxygen atoms in total. The Balaban J connectivity index is 0.592. The highest BCUT2D eigenvalue weighted by atomic mass is 16.5. The zero-order chi connectivity index (χ0) is 39.5. The largest absolute Gasteiger partial charge is 0.474 e. The summed E-state index contributed by atoms with van der Waals surface area (Å²) >= 11 is 0. The monoisotopic (exact) mass is 782 g/mol. The molecule has 0 spiro atoms. The molecule has 10 rings (SSSR count). The molecule has 298 valence electrons. The number of carbonyl (C=O) groups excluding carboxylic acids is 4. The van der Waals surface area contributed by atoms with Crippen molar-refractivity contribution >= 4 is 51.1 Å². The first-order valence-corrected chi connectivity index (χ1v) is 20.5. The van der Waals surface area contributed by atoms with E-state index in [4.69, 9.17) is 14.2 Å². The summed E-state index contributed by atoms with van der Waals surface area (Å²) in [6.07, 6.45) is 11.6. The van der Waals surface area contributed by atoms with E-state index in [1.807, 2.05) is 30.7 Å². The zero-order valence-electron chi connectivity index (χ0n) is 32.5. The number of hydrogen-bond donors (Lipinski definition) is 1. The van der Waals surface area contributed by atoms with E-state index < -0.39 is 29.7 Å². The highest BCUT2D eigenvalue weighted by molar-refractivity contribution is 6.23. The highest BCUT2D eigenvalue weighted by Crippen LogP contribution is 2.52. The molecule has 0 bridgehead atoms. The molecule has 4 fully saturated rings. The lowest BCUT2D eigenvalue weighted by atomic mass is 9.78. The van der Waals surface area contributed by atoms with E-state index in [1.165, 1.54) is 22.8 Å². The van der Waals surface area contributed by atoms with Gasteiger partial charge in [0.15, 0.2) is 0 Å². The van der Waals surface area contributed by atoms with Crippen molar-refractivity contribution in [1.29, 1.82) is 0 Å². The van der Waals surface area contributed by atoms with Crippen LogP contribution in [0.2, 0.25) is 0 Å². The highest BCUT2D eigenvalue weighted by Gasteiger charge is 2.49. The molecule has 3 atom stereocenters. The lowest BCUT2D eigenvalue weighted by molar-refractivity contribution is -0.136. The van der Waals surface area contributed by atoms with Crippen molar-refractivity contribution in [3.63, 3.8) is 0 Å². The molecule has 4 amide bonds. The van der Waals surface area contributed by atoms with E-state index in [9.17, 15) is 19.2 Å². The number of hydrogen-bond acceptors (Lipinski definition) is 10. The number of ether oxygens (including phenoxy) is 3. The molecule has 2 aliphatic carbocycles. The quantitative estimate of drug-likeness (QED) is 0.110. The second-order valence-electron chi connectivity index (χ2n) is 16.6. The molecule has 1 N–H and O–H groups in total. The molecule has 3 aliphatic heterocycles. The van der Waals surface area contributed by atoms with E-state index in [1.54, 1.807) is 12.1 Å². The molecule has 2 aromatic carbocycles. The lowest BCUT2D eigenvalue weighted by Gasteiger charge is -2.40. The van der Waals surface area contributed by atoms with Crippen LogP contribution in [0.3, 0.4) is 0 Å². The van der Waals surface area contributed by atoms with Crippen LogP contribution in [0.5, 0.6) is 5.88 Å². The number of imide groups is 2. The van der Waals surface area contributed by atoms with E-state index in [-0.39, 0.29) is 30.6 Å². The minimum atomic E-state index is -0.966. The SMILES string of the molecule is Cn1c2ccncc2c2ccc(-c3ccc(O[C@H]4C[C@H](C5C[C@H]5COCCCCOC5CN(c6ccc7c(c6)C(=O)N(C6CCC(=O)NC6=O)C7=O)C5)C4)nc3)cc21. The number of piperidine rings is 1. The van der Waals surface area contributed by atoms with Gasteiger partial charge in [-0.3, -0.25) is 34.4 Å². The maximum atomic E-state index is 13.2. The lowest BCUT2D eigenvalue weighted by Crippen LogP contribution is -2.54. The molecule has 58 heavy (non-hydrogen) atoms. The molecule has 5 aliphatic rings. The summed E-state index contributed by atoms with van der Waals surface area (Å²) in [5, 5.41) is 4.60. The molecule has 5 aromatic rings. The Hall–Kier alpha value is -5.66. The van der Waals surface area contributed by atoms with Crippen molar-refractivity contribution in [2.75, 3.05) is 37.8 Å². The average molecular weight is 783 g/mol. The van der Waals surface area contributed by atoms with Gasteiger partial charge in [-0.05, 0) is 98.2 Å². The minimum absolute atomic E-state index is 0.0958. The number of anilines is 1. The van der Waals surface area contributed by atoms with Crippen LogP contribution in [0, 0.1) is 17.8 Å². The fourth-order valence-electron chi connectivity index (χ4n) is 9.32. The zero-order valence-corrected chi connectivity index (χ0v) is 32.5. The molecule has 3 aromatic heterocycles. The number of aryl methyl sites for hydroxylation is 1. The molecular formula is C45H46N6O7. The Morgan fingerprint density at radius 2 is 1.64 bits per heavy atom. The van der Waals surface area contributed by atoms with Crippen molar-refractivity contribution in [3.05, 3.63) is 84.3 Å². The first-order valence-electron chi connectivity index (χ1n) is 20.5. The summed E-state index contributed by atoms with van der Waals surface area (Å²) in [5.74, 6) is 0.818. The second kappa shape index (κ2) is 14.9. The Labute approximate surface area is 335 Å². The van der Waals surface area contributed by atoms with Crippen LogP contribution in [0.15, 0.2) is 73.2 Å². The van der Waals surface area contributed by atoms with Gasteiger partial charge in [0.2, 0.25) is 17.7 Å². The van der Waals surface area contributed by atoms with Gasteiger partial charge in [0.05, 0.1) is 22.7 Å². The fraction of sp³-hybridized carbons (Fsp3) is 0.422. The number of amides is 4. The van der Waals surface area contributed by atoms with Crippen LogP contribution in [-0.4, -0.2) is 94.2 Å². The number of unbranched alkanes of at least 4 members (excludes halogenated alkanes) is 1. The van der Waals surface area contributed by atoms with Gasteiger partial charge < -0.3 is 23.7 Å². The third-order valence-electron chi connectivity index (χ3n) is 12.9. The van der Waals surface area contributed by atoms with E-state index in [0.717, 1.165) is 71.9 Å². The Bertz CT molecular complexity index is 2440. The van der Waals surface area contributed by atoms with Crippen LogP contribution in [0.25, 0.3) is 32.9 Å². The smallest absolute Gasteiger partial charge is 0.262 e. The summed E-state index contributed by atoms with van der Waals surface area (Å²) < 4.78 is 20.6. The van der Waals surface area contributed by atoms with Crippen molar-refractivity contribution < 1.29 is 33.4 Å². The van der Waals surface area contributed by atoms with Gasteiger partial charge in [0.25, 0.3) is 11.8 Å². The van der Waals surface area contributed by atoms with Crippen LogP contribution < -0.4 is 15.0 Å². The third-order valence-corrected chi connectivity index (χ3v) is 12.9. The second-order valence-corrected chi connectivity index (χ2v) is 16.6. The van der Waals surface area contributed by atoms with Gasteiger partial charge in [-0.2, -0.15) is 0 Å². The number of rotatable bonds is 14. The van der Waals surface area contributed by atoms with Gasteiger partial charge in [-0.15, -0.1) is 0 Å². The van der Waals surface area contributed by atoms with Crippen molar-refractivity contribution in [2.24, 2.45) is 24.8 Å². The number of aromatic nitrogens is 3. The van der Waals surface area contributed by atoms with Crippen LogP contribution >= 0.6 is 0 Å². The summed E-state index contributed by atoms with van der Waals surface area (Å²) in [7, 11) is 2.10. The Kier molecular flexibility index (Phi) is 9.44. The minimum Gasteiger partial charge on any atom is -0.474 e. The predicted molar refractivity (Wildman–Crippen MR) is 215 cm³/mol. The van der Waals surface area contributed by atoms with E-state index in [0.29, 0.717) is 43.0 Å². The molecule has 13 heteroatoms. The summed E-state index contributed by atoms with van der Waals surface area (Å²) in [6, 6.07) is 16.9. The summed E-state index contributed by atoms with van der Waals surface area (Å²) in [5.41, 5.74) is 5.97. The van der Waals surface area contributed by atoms with Gasteiger partial charge >= 0.3 is 0 Å². The first kappa shape index (κ1) is 36.7. The maximum Gasteiger partial charge on any atom is 0.262 e. The number of carbonyl (C=O) groups is 4. The third kappa shape index (κ3) is 6.79. The van der Waals surface area contributed by atoms with Crippen molar-refractivity contribution in [3.8, 4) is 17.0 Å². The number of pyridine rings is 2. The molecule has 6 heterocycles. The van der Waals surface area contributed by atoms with Crippen LogP contribution in [0.1, 0.15) is 65.7 Å². The first-order chi connectivity index (χ1) is 28.3. The van der Waals surface area contributed by atoms with Crippen LogP contribution in [0.4, 0.5) is 5.69 Å². The Morgan fingerprint density at radius 1 is 0.810 bits per heavy atom. The maximum absolute atomic E-state index is 13.2. The van der Waals surface area contributed by atoms with E-state index in [2.05, 4.69) is 62.1 Å².